The third-order valence-corrected chi connectivity index (χ3v) is 15.6. The van der Waals surface area contributed by atoms with Crippen LogP contribution in [0.15, 0.2) is 89.4 Å². The Labute approximate surface area is 444 Å². The molecule has 0 bridgehead atoms. The topological polar surface area (TPSA) is 243 Å². The number of rotatable bonds is 20. The molecule has 21 heteroatoms. The molecule has 3 aromatic carbocycles. The summed E-state index contributed by atoms with van der Waals surface area (Å²) in [6.07, 6.45) is 2.16. The lowest BCUT2D eigenvalue weighted by Gasteiger charge is -2.35. The Morgan fingerprint density at radius 2 is 1.56 bits per heavy atom. The van der Waals surface area contributed by atoms with Crippen molar-refractivity contribution < 1.29 is 32.7 Å². The monoisotopic (exact) mass is 1060 g/mol. The molecule has 4 heterocycles. The minimum absolute atomic E-state index is 0.00761. The number of aliphatic hydroxyl groups excluding tert-OH is 1. The number of hydrogen-bond acceptors (Lipinski definition) is 15. The summed E-state index contributed by atoms with van der Waals surface area (Å²) < 4.78 is 28.6. The van der Waals surface area contributed by atoms with Crippen molar-refractivity contribution in [2.45, 2.75) is 116 Å². The van der Waals surface area contributed by atoms with Crippen molar-refractivity contribution in [3.63, 3.8) is 0 Å². The number of carbonyl (C=O) groups excluding carboxylic acids is 4. The second kappa shape index (κ2) is 24.4. The molecule has 0 spiro atoms. The maximum atomic E-state index is 14.1. The summed E-state index contributed by atoms with van der Waals surface area (Å²) in [7, 11) is -3.72. The molecule has 7 rings (SSSR count). The van der Waals surface area contributed by atoms with Gasteiger partial charge in [0, 0.05) is 93.0 Å². The van der Waals surface area contributed by atoms with Gasteiger partial charge in [-0.15, -0.1) is 11.3 Å². The predicted molar refractivity (Wildman–Crippen MR) is 293 cm³/mol. The molecule has 3 atom stereocenters. The lowest BCUT2D eigenvalue weighted by Crippen LogP contribution is -2.57. The first-order valence-electron chi connectivity index (χ1n) is 25.4. The maximum absolute atomic E-state index is 14.1. The molecule has 2 aliphatic heterocycles. The van der Waals surface area contributed by atoms with Crippen molar-refractivity contribution in [1.29, 1.82) is 0 Å². The average Bonchev–Trinajstić information content (AvgIpc) is 3.98. The van der Waals surface area contributed by atoms with Gasteiger partial charge in [0.2, 0.25) is 39.6 Å². The second-order valence-corrected chi connectivity index (χ2v) is 24.0. The van der Waals surface area contributed by atoms with Gasteiger partial charge in [-0.25, -0.2) is 23.1 Å². The maximum Gasteiger partial charge on any atom is 0.246 e. The fraction of sp³-hybridized carbons (Fsp3) is 0.463. The predicted octanol–water partition coefficient (Wildman–Crippen LogP) is 6.00. The zero-order valence-electron chi connectivity index (χ0n) is 44.2. The molecule has 7 N–H and O–H groups in total. The first-order valence-corrected chi connectivity index (χ1v) is 27.8. The highest BCUT2D eigenvalue weighted by Gasteiger charge is 2.44. The minimum atomic E-state index is -3.72. The van der Waals surface area contributed by atoms with Crippen LogP contribution < -0.4 is 36.2 Å². The molecule has 2 saturated heterocycles. The van der Waals surface area contributed by atoms with Crippen LogP contribution in [0.25, 0.3) is 10.4 Å². The van der Waals surface area contributed by atoms with E-state index in [1.807, 2.05) is 88.7 Å². The van der Waals surface area contributed by atoms with Crippen LogP contribution in [0.4, 0.5) is 28.8 Å². The lowest BCUT2D eigenvalue weighted by molar-refractivity contribution is -0.144. The SMILES string of the molecule is Cc1cnc(Nc2ccc(N3CCN(CC(=O)NCCCCC(=O)N[C@H](C(=O)N4C[C@H](O)C[C@H]4C(=O)NCc4ccc(-c5scnc5C)cc4)C(C)(C)C)CC3)cc2)nc1Nc1cccc(S(=O)(=O)NC(C)(C)C)c1. The quantitative estimate of drug-likeness (QED) is 0.0443. The Kier molecular flexibility index (Phi) is 18.3. The molecule has 2 aliphatic rings. The van der Waals surface area contributed by atoms with Crippen molar-refractivity contribution in [1.82, 2.24) is 45.4 Å². The van der Waals surface area contributed by atoms with E-state index in [1.54, 1.807) is 62.6 Å². The summed E-state index contributed by atoms with van der Waals surface area (Å²) in [6.45, 7) is 18.6. The van der Waals surface area contributed by atoms with Crippen molar-refractivity contribution in [2.75, 3.05) is 61.3 Å². The highest BCUT2D eigenvalue weighted by Crippen LogP contribution is 2.30. The molecular formula is C54H72N12O7S2. The number of benzene rings is 3. The molecule has 2 aromatic heterocycles. The number of piperazine rings is 1. The normalized spacial score (nSPS) is 16.8. The number of aryl methyl sites for hydroxylation is 2. The summed E-state index contributed by atoms with van der Waals surface area (Å²) in [6, 6.07) is 20.6. The fourth-order valence-electron chi connectivity index (χ4n) is 8.93. The van der Waals surface area contributed by atoms with Crippen LogP contribution in [0, 0.1) is 19.3 Å². The van der Waals surface area contributed by atoms with Crippen LogP contribution in [0.1, 0.15) is 84.0 Å². The molecule has 2 fully saturated rings. The molecule has 402 valence electrons. The summed E-state index contributed by atoms with van der Waals surface area (Å²) in [5.74, 6) is -0.253. The molecular weight excluding hydrogens is 993 g/mol. The van der Waals surface area contributed by atoms with Crippen LogP contribution in [0.2, 0.25) is 0 Å². The summed E-state index contributed by atoms with van der Waals surface area (Å²) in [5.41, 5.74) is 6.61. The van der Waals surface area contributed by atoms with Gasteiger partial charge in [-0.2, -0.15) is 4.98 Å². The van der Waals surface area contributed by atoms with Crippen LogP contribution in [0.5, 0.6) is 0 Å². The van der Waals surface area contributed by atoms with Crippen molar-refractivity contribution >= 4 is 73.8 Å². The van der Waals surface area contributed by atoms with Gasteiger partial charge in [0.25, 0.3) is 0 Å². The highest BCUT2D eigenvalue weighted by molar-refractivity contribution is 7.89. The van der Waals surface area contributed by atoms with Crippen LogP contribution >= 0.6 is 11.3 Å². The van der Waals surface area contributed by atoms with Gasteiger partial charge in [0.15, 0.2) is 0 Å². The van der Waals surface area contributed by atoms with Gasteiger partial charge < -0.3 is 41.5 Å². The first kappa shape index (κ1) is 56.2. The van der Waals surface area contributed by atoms with E-state index >= 15 is 0 Å². The number of carbonyl (C=O) groups is 4. The smallest absolute Gasteiger partial charge is 0.246 e. The van der Waals surface area contributed by atoms with E-state index in [2.05, 4.69) is 56.1 Å². The molecule has 75 heavy (non-hydrogen) atoms. The van der Waals surface area contributed by atoms with Gasteiger partial charge in [0.1, 0.15) is 17.9 Å². The number of amides is 4. The van der Waals surface area contributed by atoms with Crippen LogP contribution in [0.3, 0.4) is 0 Å². The number of anilines is 5. The zero-order chi connectivity index (χ0) is 54.1. The van der Waals surface area contributed by atoms with Gasteiger partial charge in [-0.05, 0) is 106 Å². The Bertz CT molecular complexity index is 2900. The highest BCUT2D eigenvalue weighted by atomic mass is 32.2. The Hall–Kier alpha value is -6.52. The largest absolute Gasteiger partial charge is 0.391 e. The number of hydrogen-bond donors (Lipinski definition) is 7. The van der Waals surface area contributed by atoms with Gasteiger partial charge in [0.05, 0.1) is 33.6 Å². The number of sulfonamides is 1. The number of β-amino-alcohol motifs (C(OH)–C–C–N with tert-alkyl or cyclic N) is 1. The van der Waals surface area contributed by atoms with Crippen molar-refractivity contribution in [3.8, 4) is 10.4 Å². The summed E-state index contributed by atoms with van der Waals surface area (Å²) in [5, 5.41) is 25.9. The molecule has 4 amide bonds. The number of nitrogens with zero attached hydrogens (tertiary/aromatic N) is 6. The Morgan fingerprint density at radius 1 is 0.840 bits per heavy atom. The minimum Gasteiger partial charge on any atom is -0.391 e. The van der Waals surface area contributed by atoms with E-state index in [-0.39, 0.29) is 55.1 Å². The average molecular weight is 1070 g/mol. The molecule has 0 unspecified atom stereocenters. The number of nitrogens with one attached hydrogen (secondary N) is 6. The van der Waals surface area contributed by atoms with Gasteiger partial charge in [-0.3, -0.25) is 24.1 Å². The lowest BCUT2D eigenvalue weighted by atomic mass is 9.85. The summed E-state index contributed by atoms with van der Waals surface area (Å²) >= 11 is 1.57. The number of aliphatic hydroxyl groups is 1. The second-order valence-electron chi connectivity index (χ2n) is 21.4. The van der Waals surface area contributed by atoms with E-state index in [0.29, 0.717) is 49.9 Å². The molecule has 0 radical (unpaired) electrons. The van der Waals surface area contributed by atoms with E-state index in [4.69, 9.17) is 0 Å². The third kappa shape index (κ3) is 15.8. The first-order chi connectivity index (χ1) is 35.5. The van der Waals surface area contributed by atoms with Crippen LogP contribution in [-0.2, 0) is 35.7 Å². The summed E-state index contributed by atoms with van der Waals surface area (Å²) in [4.78, 5) is 74.2. The number of unbranched alkanes of at least 4 members (excludes halogenated alkanes) is 1. The van der Waals surface area contributed by atoms with E-state index in [1.165, 1.54) is 4.90 Å². The van der Waals surface area contributed by atoms with Gasteiger partial charge in [-0.1, -0.05) is 51.1 Å². The van der Waals surface area contributed by atoms with Crippen molar-refractivity contribution in [2.24, 2.45) is 5.41 Å². The van der Waals surface area contributed by atoms with E-state index < -0.39 is 45.1 Å². The Balaban J connectivity index is 0.798. The van der Waals surface area contributed by atoms with E-state index in [9.17, 15) is 32.7 Å². The number of likely N-dealkylation sites (tertiary alicyclic amines) is 1. The number of thiazole rings is 1. The third-order valence-electron chi connectivity index (χ3n) is 12.9. The molecule has 0 saturated carbocycles. The molecule has 0 aliphatic carbocycles. The van der Waals surface area contributed by atoms with E-state index in [0.717, 1.165) is 51.7 Å². The zero-order valence-corrected chi connectivity index (χ0v) is 45.8. The Morgan fingerprint density at radius 3 is 2.23 bits per heavy atom. The van der Waals surface area contributed by atoms with Crippen LogP contribution in [-0.4, -0.2) is 131 Å². The standard InChI is InChI=1S/C54H72N12O7S2/c1-35-30-57-52(62-49(35)59-40-12-11-13-43(28-40)75(72,73)63-54(6,7)8)60-39-19-21-41(22-20-39)65-26-24-64(25-27-65)33-46(69)55-23-10-9-14-45(68)61-48(53(3,4)5)51(71)66-32-42(67)29-44(66)50(70)56-31-37-15-17-38(18-16-37)47-36(2)58-34-74-47/h11-13,15-22,28,30,34,42,44,48,63,67H,9-10,14,23-27,29,31-33H2,1-8H3,(H,55,69)(H,56,70)(H,61,68)(H2,57,59,60,62)/t42-,44+,48-/m1/s1. The van der Waals surface area contributed by atoms with Gasteiger partial charge >= 0.3 is 0 Å². The fourth-order valence-corrected chi connectivity index (χ4v) is 11.2. The molecule has 5 aromatic rings. The number of aromatic nitrogens is 3. The van der Waals surface area contributed by atoms with Crippen molar-refractivity contribution in [3.05, 3.63) is 101 Å². The molecule has 19 nitrogen and oxygen atoms in total.